The lowest BCUT2D eigenvalue weighted by Crippen LogP contribution is -2.15. The van der Waals surface area contributed by atoms with Crippen molar-refractivity contribution < 1.29 is 18.0 Å². The maximum absolute atomic E-state index is 12.9. The van der Waals surface area contributed by atoms with E-state index < -0.39 is 24.4 Å². The van der Waals surface area contributed by atoms with Crippen molar-refractivity contribution in [1.82, 2.24) is 9.97 Å². The van der Waals surface area contributed by atoms with Crippen LogP contribution >= 0.6 is 15.9 Å². The van der Waals surface area contributed by atoms with Crippen molar-refractivity contribution in [1.29, 1.82) is 0 Å². The Bertz CT molecular complexity index is 725. The third-order valence-corrected chi connectivity index (χ3v) is 3.89. The topological polar surface area (TPSA) is 54.9 Å². The monoisotopic (exact) mass is 359 g/mol. The minimum atomic E-state index is -2.72. The summed E-state index contributed by atoms with van der Waals surface area (Å²) in [5.41, 5.74) is -0.371. The van der Waals surface area contributed by atoms with Crippen LogP contribution in [0.4, 0.5) is 19.0 Å². The zero-order chi connectivity index (χ0) is 15.1. The summed E-state index contributed by atoms with van der Waals surface area (Å²) in [5.74, 6) is -0.896. The molecule has 2 atom stereocenters. The van der Waals surface area contributed by atoms with E-state index in [-0.39, 0.29) is 23.3 Å². The Kier molecular flexibility index (Phi) is 3.56. The first-order valence-corrected chi connectivity index (χ1v) is 6.94. The zero-order valence-electron chi connectivity index (χ0n) is 10.5. The average Bonchev–Trinajstić information content (AvgIpc) is 3.16. The molecule has 1 aliphatic carbocycles. The highest BCUT2D eigenvalue weighted by Crippen LogP contribution is 2.35. The smallest absolute Gasteiger partial charge is 0.281 e. The van der Waals surface area contributed by atoms with E-state index in [1.54, 1.807) is 0 Å². The van der Waals surface area contributed by atoms with Gasteiger partial charge in [-0.1, -0.05) is 0 Å². The van der Waals surface area contributed by atoms with Gasteiger partial charge in [-0.2, -0.15) is 0 Å². The van der Waals surface area contributed by atoms with Crippen LogP contribution in [-0.4, -0.2) is 22.0 Å². The number of anilines is 1. The largest absolute Gasteiger partial charge is 0.310 e. The second kappa shape index (κ2) is 5.25. The average molecular weight is 360 g/mol. The number of carbonyl (C=O) groups is 1. The van der Waals surface area contributed by atoms with Crippen molar-refractivity contribution in [3.63, 3.8) is 0 Å². The summed E-state index contributed by atoms with van der Waals surface area (Å²) < 4.78 is 39.1. The van der Waals surface area contributed by atoms with Gasteiger partial charge in [0.15, 0.2) is 0 Å². The fourth-order valence-corrected chi connectivity index (χ4v) is 2.45. The molecule has 2 heterocycles. The Morgan fingerprint density at radius 2 is 2.05 bits per heavy atom. The van der Waals surface area contributed by atoms with Crippen LogP contribution in [0, 0.1) is 5.92 Å². The number of halogens is 4. The summed E-state index contributed by atoms with van der Waals surface area (Å²) in [4.78, 5) is 19.2. The molecule has 1 amide bonds. The van der Waals surface area contributed by atoms with Gasteiger partial charge in [0.05, 0.1) is 5.92 Å². The van der Waals surface area contributed by atoms with E-state index >= 15 is 0 Å². The molecule has 0 radical (unpaired) electrons. The molecule has 1 N–H and O–H groups in total. The minimum absolute atomic E-state index is 0.193. The highest BCUT2D eigenvalue weighted by Gasteiger charge is 2.43. The van der Waals surface area contributed by atoms with E-state index in [0.717, 1.165) is 0 Å². The third kappa shape index (κ3) is 2.72. The first-order chi connectivity index (χ1) is 9.97. The number of amides is 1. The molecule has 0 unspecified atom stereocenters. The van der Waals surface area contributed by atoms with Gasteiger partial charge in [0.1, 0.15) is 17.7 Å². The Morgan fingerprint density at radius 3 is 2.67 bits per heavy atom. The number of fused-ring (bicyclic) bond motifs is 1. The first kappa shape index (κ1) is 14.2. The second-order valence-corrected chi connectivity index (χ2v) is 5.61. The number of rotatable bonds is 3. The van der Waals surface area contributed by atoms with E-state index in [1.807, 2.05) is 0 Å². The van der Waals surface area contributed by atoms with E-state index in [1.165, 1.54) is 18.5 Å². The summed E-state index contributed by atoms with van der Waals surface area (Å²) in [7, 11) is 0. The minimum Gasteiger partial charge on any atom is -0.310 e. The summed E-state index contributed by atoms with van der Waals surface area (Å²) in [6.45, 7) is 0. The summed E-state index contributed by atoms with van der Waals surface area (Å²) >= 11 is 3.22. The lowest BCUT2D eigenvalue weighted by atomic mass is 10.1. The molecule has 21 heavy (non-hydrogen) atoms. The number of pyridine rings is 2. The molecule has 1 fully saturated rings. The van der Waals surface area contributed by atoms with Gasteiger partial charge in [-0.25, -0.2) is 18.2 Å². The van der Waals surface area contributed by atoms with Crippen molar-refractivity contribution in [3.05, 3.63) is 28.6 Å². The van der Waals surface area contributed by atoms with Crippen LogP contribution < -0.4 is 5.32 Å². The number of hydrogen-bond acceptors (Lipinski definition) is 3. The van der Waals surface area contributed by atoms with Crippen LogP contribution in [0.1, 0.15) is 18.5 Å². The third-order valence-electron chi connectivity index (χ3n) is 3.26. The van der Waals surface area contributed by atoms with Gasteiger partial charge < -0.3 is 5.32 Å². The number of nitrogens with zero attached hydrogens (tertiary/aromatic N) is 2. The SMILES string of the molecule is O=C(Nc1cc2c(Br)cnc(C(F)F)c2cn1)[C@@H]1C[C@@H]1F. The Morgan fingerprint density at radius 1 is 1.33 bits per heavy atom. The predicted molar refractivity (Wildman–Crippen MR) is 73.8 cm³/mol. The standard InChI is InChI=1S/C13H9BrF3N3O/c14-8-4-19-11(12(16)17)7-3-18-10(2-5(7)8)20-13(21)6-1-9(6)15/h2-4,6,9,12H,1H2,(H,18,20,21)/t6-,9+/m1/s1. The Labute approximate surface area is 125 Å². The van der Waals surface area contributed by atoms with Crippen LogP contribution in [0.15, 0.2) is 22.9 Å². The maximum Gasteiger partial charge on any atom is 0.281 e. The molecule has 1 aliphatic rings. The molecule has 110 valence electrons. The van der Waals surface area contributed by atoms with Crippen molar-refractivity contribution >= 4 is 38.4 Å². The van der Waals surface area contributed by atoms with Crippen LogP contribution in [0.5, 0.6) is 0 Å². The molecular formula is C13H9BrF3N3O. The van der Waals surface area contributed by atoms with Gasteiger partial charge in [0.2, 0.25) is 5.91 Å². The molecule has 0 bridgehead atoms. The molecule has 3 rings (SSSR count). The van der Waals surface area contributed by atoms with Crippen LogP contribution in [0.2, 0.25) is 0 Å². The fourth-order valence-electron chi connectivity index (χ4n) is 2.02. The molecule has 0 aliphatic heterocycles. The maximum atomic E-state index is 12.9. The molecular weight excluding hydrogens is 351 g/mol. The van der Waals surface area contributed by atoms with E-state index in [2.05, 4.69) is 31.2 Å². The Balaban J connectivity index is 1.96. The lowest BCUT2D eigenvalue weighted by Gasteiger charge is -2.09. The van der Waals surface area contributed by atoms with Crippen molar-refractivity contribution in [2.45, 2.75) is 19.0 Å². The van der Waals surface area contributed by atoms with Gasteiger partial charge >= 0.3 is 0 Å². The number of aromatic nitrogens is 2. The molecule has 0 saturated heterocycles. The fraction of sp³-hybridized carbons (Fsp3) is 0.308. The van der Waals surface area contributed by atoms with Crippen molar-refractivity contribution in [3.8, 4) is 0 Å². The first-order valence-electron chi connectivity index (χ1n) is 6.14. The van der Waals surface area contributed by atoms with E-state index in [4.69, 9.17) is 0 Å². The normalized spacial score (nSPS) is 20.8. The van der Waals surface area contributed by atoms with Gasteiger partial charge in [0.25, 0.3) is 6.43 Å². The van der Waals surface area contributed by atoms with Gasteiger partial charge in [0, 0.05) is 27.6 Å². The number of carbonyl (C=O) groups excluding carboxylic acids is 1. The number of hydrogen-bond donors (Lipinski definition) is 1. The number of nitrogens with one attached hydrogen (secondary N) is 1. The van der Waals surface area contributed by atoms with Crippen LogP contribution in [0.3, 0.4) is 0 Å². The molecule has 2 aromatic rings. The van der Waals surface area contributed by atoms with Crippen molar-refractivity contribution in [2.24, 2.45) is 5.92 Å². The van der Waals surface area contributed by atoms with Crippen LogP contribution in [0.25, 0.3) is 10.8 Å². The highest BCUT2D eigenvalue weighted by molar-refractivity contribution is 9.10. The molecule has 1 saturated carbocycles. The molecule has 0 spiro atoms. The zero-order valence-corrected chi connectivity index (χ0v) is 12.1. The van der Waals surface area contributed by atoms with Gasteiger partial charge in [-0.15, -0.1) is 0 Å². The predicted octanol–water partition coefficient (Wildman–Crippen LogP) is 3.63. The Hall–Kier alpha value is -1.70. The summed E-state index contributed by atoms with van der Waals surface area (Å²) in [5, 5.41) is 3.14. The van der Waals surface area contributed by atoms with E-state index in [9.17, 15) is 18.0 Å². The summed E-state index contributed by atoms with van der Waals surface area (Å²) in [6.07, 6.45) is -1.12. The quantitative estimate of drug-likeness (QED) is 0.910. The number of alkyl halides is 3. The van der Waals surface area contributed by atoms with Crippen molar-refractivity contribution in [2.75, 3.05) is 5.32 Å². The molecule has 4 nitrogen and oxygen atoms in total. The van der Waals surface area contributed by atoms with Gasteiger partial charge in [-0.3, -0.25) is 9.78 Å². The second-order valence-electron chi connectivity index (χ2n) is 4.75. The van der Waals surface area contributed by atoms with Crippen LogP contribution in [-0.2, 0) is 4.79 Å². The summed E-state index contributed by atoms with van der Waals surface area (Å²) in [6, 6.07) is 1.46. The molecule has 8 heteroatoms. The van der Waals surface area contributed by atoms with E-state index in [0.29, 0.717) is 9.86 Å². The molecule has 0 aromatic carbocycles. The molecule has 2 aromatic heterocycles. The highest BCUT2D eigenvalue weighted by atomic mass is 79.9. The van der Waals surface area contributed by atoms with Gasteiger partial charge in [-0.05, 0) is 28.4 Å². The lowest BCUT2D eigenvalue weighted by molar-refractivity contribution is -0.117.